The SMILES string of the molecule is COc1ccc([C@@H]2C=C(O[Si](C)(C)C(C)(C)C)[C@H](CC(C)C)[C@H](C)C2C=O)cc1. The molecule has 162 valence electrons. The third kappa shape index (κ3) is 5.33. The zero-order chi connectivity index (χ0) is 22.0. The van der Waals surface area contributed by atoms with Gasteiger partial charge >= 0.3 is 0 Å². The van der Waals surface area contributed by atoms with E-state index in [1.54, 1.807) is 7.11 Å². The predicted molar refractivity (Wildman–Crippen MR) is 124 cm³/mol. The van der Waals surface area contributed by atoms with Crippen molar-refractivity contribution in [3.8, 4) is 5.75 Å². The molecule has 29 heavy (non-hydrogen) atoms. The van der Waals surface area contributed by atoms with Crippen molar-refractivity contribution in [2.75, 3.05) is 7.11 Å². The highest BCUT2D eigenvalue weighted by Crippen LogP contribution is 2.48. The van der Waals surface area contributed by atoms with Gasteiger partial charge in [-0.05, 0) is 60.2 Å². The van der Waals surface area contributed by atoms with E-state index in [9.17, 15) is 4.79 Å². The zero-order valence-corrected chi connectivity index (χ0v) is 20.8. The lowest BCUT2D eigenvalue weighted by atomic mass is 9.67. The van der Waals surface area contributed by atoms with Gasteiger partial charge in [0.1, 0.15) is 12.0 Å². The van der Waals surface area contributed by atoms with Crippen LogP contribution in [0.3, 0.4) is 0 Å². The fourth-order valence-corrected chi connectivity index (χ4v) is 5.13. The van der Waals surface area contributed by atoms with Crippen LogP contribution in [0.5, 0.6) is 5.75 Å². The molecule has 1 aliphatic carbocycles. The number of hydrogen-bond acceptors (Lipinski definition) is 3. The fourth-order valence-electron chi connectivity index (χ4n) is 4.02. The molecule has 0 spiro atoms. The van der Waals surface area contributed by atoms with E-state index in [0.717, 1.165) is 29.8 Å². The maximum Gasteiger partial charge on any atom is 0.250 e. The molecule has 1 unspecified atom stereocenters. The number of rotatable bonds is 7. The lowest BCUT2D eigenvalue weighted by Gasteiger charge is -2.44. The molecule has 0 fully saturated rings. The summed E-state index contributed by atoms with van der Waals surface area (Å²) in [7, 11) is -0.295. The summed E-state index contributed by atoms with van der Waals surface area (Å²) in [5.41, 5.74) is 1.15. The molecule has 1 aromatic carbocycles. The Balaban J connectivity index is 2.52. The molecule has 0 saturated carbocycles. The van der Waals surface area contributed by atoms with Crippen molar-refractivity contribution in [1.29, 1.82) is 0 Å². The number of hydrogen-bond donors (Lipinski definition) is 0. The van der Waals surface area contributed by atoms with E-state index < -0.39 is 8.32 Å². The summed E-state index contributed by atoms with van der Waals surface area (Å²) in [5, 5.41) is 0.135. The van der Waals surface area contributed by atoms with Gasteiger partial charge in [0, 0.05) is 17.8 Å². The van der Waals surface area contributed by atoms with Gasteiger partial charge in [-0.2, -0.15) is 0 Å². The maximum atomic E-state index is 12.2. The molecule has 3 nitrogen and oxygen atoms in total. The molecule has 0 bridgehead atoms. The lowest BCUT2D eigenvalue weighted by Crippen LogP contribution is -2.43. The van der Waals surface area contributed by atoms with Crippen molar-refractivity contribution >= 4 is 14.6 Å². The largest absolute Gasteiger partial charge is 0.547 e. The zero-order valence-electron chi connectivity index (χ0n) is 19.8. The third-order valence-corrected chi connectivity index (χ3v) is 11.3. The van der Waals surface area contributed by atoms with Crippen molar-refractivity contribution in [3.05, 3.63) is 41.7 Å². The van der Waals surface area contributed by atoms with Crippen LogP contribution in [0.25, 0.3) is 0 Å². The highest BCUT2D eigenvalue weighted by Gasteiger charge is 2.44. The molecule has 4 heteroatoms. The number of aldehydes is 1. The number of carbonyl (C=O) groups excluding carboxylic acids is 1. The quantitative estimate of drug-likeness (QED) is 0.362. The van der Waals surface area contributed by atoms with Crippen LogP contribution >= 0.6 is 0 Å². The van der Waals surface area contributed by atoms with E-state index in [2.05, 4.69) is 72.8 Å². The van der Waals surface area contributed by atoms with Gasteiger partial charge in [-0.15, -0.1) is 0 Å². The fraction of sp³-hybridized carbons (Fsp3) is 0.640. The van der Waals surface area contributed by atoms with E-state index in [0.29, 0.717) is 5.92 Å². The molecule has 0 saturated heterocycles. The number of methoxy groups -OCH3 is 1. The lowest BCUT2D eigenvalue weighted by molar-refractivity contribution is -0.113. The molecular formula is C25H40O3Si. The highest BCUT2D eigenvalue weighted by atomic mass is 28.4. The predicted octanol–water partition coefficient (Wildman–Crippen LogP) is 6.81. The van der Waals surface area contributed by atoms with Gasteiger partial charge in [-0.1, -0.05) is 53.7 Å². The van der Waals surface area contributed by atoms with Crippen molar-refractivity contribution in [3.63, 3.8) is 0 Å². The summed E-state index contributed by atoms with van der Waals surface area (Å²) in [6.45, 7) is 18.2. The van der Waals surface area contributed by atoms with Crippen molar-refractivity contribution in [2.45, 2.75) is 72.0 Å². The molecule has 0 radical (unpaired) electrons. The van der Waals surface area contributed by atoms with Crippen molar-refractivity contribution < 1.29 is 14.0 Å². The van der Waals surface area contributed by atoms with E-state index in [4.69, 9.17) is 9.16 Å². The Morgan fingerprint density at radius 3 is 2.17 bits per heavy atom. The number of allylic oxidation sites excluding steroid dienone is 2. The van der Waals surface area contributed by atoms with Crippen LogP contribution in [0, 0.1) is 23.7 Å². The molecule has 0 amide bonds. The second-order valence-electron chi connectivity index (χ2n) is 10.5. The van der Waals surface area contributed by atoms with E-state index >= 15 is 0 Å². The Morgan fingerprint density at radius 1 is 1.14 bits per heavy atom. The van der Waals surface area contributed by atoms with Crippen LogP contribution in [0.1, 0.15) is 59.4 Å². The Morgan fingerprint density at radius 2 is 1.72 bits per heavy atom. The summed E-state index contributed by atoms with van der Waals surface area (Å²) in [4.78, 5) is 12.2. The topological polar surface area (TPSA) is 35.5 Å². The van der Waals surface area contributed by atoms with E-state index in [-0.39, 0.29) is 28.7 Å². The summed E-state index contributed by atoms with van der Waals surface area (Å²) in [6.07, 6.45) is 4.46. The first-order valence-electron chi connectivity index (χ1n) is 10.9. The minimum atomic E-state index is -1.97. The minimum absolute atomic E-state index is 0.0385. The van der Waals surface area contributed by atoms with Crippen LogP contribution < -0.4 is 4.74 Å². The van der Waals surface area contributed by atoms with Crippen LogP contribution in [0.2, 0.25) is 18.1 Å². The molecule has 0 aromatic heterocycles. The van der Waals surface area contributed by atoms with Gasteiger partial charge in [0.15, 0.2) is 0 Å². The summed E-state index contributed by atoms with van der Waals surface area (Å²) in [6, 6.07) is 8.11. The minimum Gasteiger partial charge on any atom is -0.547 e. The molecule has 0 aliphatic heterocycles. The van der Waals surface area contributed by atoms with Gasteiger partial charge < -0.3 is 14.0 Å². The first-order chi connectivity index (χ1) is 13.4. The normalized spacial score (nSPS) is 25.5. The number of carbonyl (C=O) groups is 1. The van der Waals surface area contributed by atoms with E-state index in [1.165, 1.54) is 0 Å². The second kappa shape index (κ2) is 9.07. The number of benzene rings is 1. The Labute approximate surface area is 179 Å². The first kappa shape index (κ1) is 23.7. The van der Waals surface area contributed by atoms with Crippen LogP contribution in [0.4, 0.5) is 0 Å². The monoisotopic (exact) mass is 416 g/mol. The molecule has 1 aromatic rings. The summed E-state index contributed by atoms with van der Waals surface area (Å²) in [5.74, 6) is 3.02. The maximum absolute atomic E-state index is 12.2. The van der Waals surface area contributed by atoms with Crippen molar-refractivity contribution in [2.24, 2.45) is 23.7 Å². The highest BCUT2D eigenvalue weighted by molar-refractivity contribution is 6.74. The Hall–Kier alpha value is -1.55. The molecule has 2 rings (SSSR count). The van der Waals surface area contributed by atoms with Gasteiger partial charge in [-0.3, -0.25) is 0 Å². The Kier molecular flexibility index (Phi) is 7.42. The van der Waals surface area contributed by atoms with Crippen LogP contribution in [-0.4, -0.2) is 21.7 Å². The van der Waals surface area contributed by atoms with E-state index in [1.807, 2.05) is 12.1 Å². The molecular weight excluding hydrogens is 376 g/mol. The smallest absolute Gasteiger partial charge is 0.250 e. The number of ether oxygens (including phenoxy) is 1. The summed E-state index contributed by atoms with van der Waals surface area (Å²) < 4.78 is 12.2. The van der Waals surface area contributed by atoms with Crippen molar-refractivity contribution in [1.82, 2.24) is 0 Å². The second-order valence-corrected chi connectivity index (χ2v) is 15.3. The molecule has 0 heterocycles. The van der Waals surface area contributed by atoms with Gasteiger partial charge in [0.05, 0.1) is 12.9 Å². The van der Waals surface area contributed by atoms with Gasteiger partial charge in [0.2, 0.25) is 8.32 Å². The van der Waals surface area contributed by atoms with Gasteiger partial charge in [0.25, 0.3) is 0 Å². The average molecular weight is 417 g/mol. The molecule has 4 atom stereocenters. The average Bonchev–Trinajstić information content (AvgIpc) is 2.63. The van der Waals surface area contributed by atoms with Gasteiger partial charge in [-0.25, -0.2) is 0 Å². The standard InChI is InChI=1S/C25H40O3Si/c1-17(2)14-21-18(3)23(16-26)22(19-10-12-20(27-7)13-11-19)15-24(21)28-29(8,9)25(4,5)6/h10-13,15-18,21-23H,14H2,1-9H3/t18-,21+,22-,23?/m0/s1. The molecule has 1 aliphatic rings. The van der Waals surface area contributed by atoms with Crippen LogP contribution in [-0.2, 0) is 9.22 Å². The molecule has 0 N–H and O–H groups in total. The van der Waals surface area contributed by atoms with Crippen LogP contribution in [0.15, 0.2) is 36.1 Å². The third-order valence-electron chi connectivity index (χ3n) is 6.93. The first-order valence-corrected chi connectivity index (χ1v) is 13.8. The summed E-state index contributed by atoms with van der Waals surface area (Å²) >= 11 is 0. The Bertz CT molecular complexity index is 713.